The summed E-state index contributed by atoms with van der Waals surface area (Å²) in [7, 11) is 0. The Bertz CT molecular complexity index is 581. The Kier molecular flexibility index (Phi) is 3.61. The van der Waals surface area contributed by atoms with Crippen LogP contribution in [0.3, 0.4) is 0 Å². The first-order chi connectivity index (χ1) is 9.24. The molecule has 2 aromatic rings. The summed E-state index contributed by atoms with van der Waals surface area (Å²) in [4.78, 5) is 4.40. The molecule has 0 bridgehead atoms. The van der Waals surface area contributed by atoms with Crippen LogP contribution in [0.1, 0.15) is 24.7 Å². The number of hydrogen-bond acceptors (Lipinski definition) is 4. The molecule has 0 radical (unpaired) electrons. The maximum absolute atomic E-state index is 13.3. The van der Waals surface area contributed by atoms with Gasteiger partial charge in [-0.15, -0.1) is 0 Å². The van der Waals surface area contributed by atoms with E-state index in [4.69, 9.17) is 4.52 Å². The van der Waals surface area contributed by atoms with Crippen LogP contribution in [0, 0.1) is 5.82 Å². The Morgan fingerprint density at radius 2 is 2.11 bits per heavy atom. The Labute approximate surface area is 118 Å². The summed E-state index contributed by atoms with van der Waals surface area (Å²) >= 11 is 3.37. The summed E-state index contributed by atoms with van der Waals surface area (Å²) < 4.78 is 19.4. The van der Waals surface area contributed by atoms with Gasteiger partial charge in [0.1, 0.15) is 5.82 Å². The average molecular weight is 326 g/mol. The van der Waals surface area contributed by atoms with Crippen LogP contribution in [-0.4, -0.2) is 23.2 Å². The molecule has 1 aliphatic rings. The van der Waals surface area contributed by atoms with Crippen molar-refractivity contribution >= 4 is 15.9 Å². The summed E-state index contributed by atoms with van der Waals surface area (Å²) in [6, 6.07) is 4.44. The SMILES string of the molecule is Fc1ccc(Br)c(-c2noc(C3CCNCC3)n2)c1. The van der Waals surface area contributed by atoms with Crippen LogP contribution in [0.25, 0.3) is 11.4 Å². The molecule has 0 saturated carbocycles. The van der Waals surface area contributed by atoms with Crippen LogP contribution >= 0.6 is 15.9 Å². The minimum Gasteiger partial charge on any atom is -0.339 e. The maximum atomic E-state index is 13.3. The molecule has 1 aliphatic heterocycles. The monoisotopic (exact) mass is 325 g/mol. The zero-order chi connectivity index (χ0) is 13.2. The number of piperidine rings is 1. The Balaban J connectivity index is 1.89. The number of benzene rings is 1. The van der Waals surface area contributed by atoms with E-state index in [0.717, 1.165) is 30.4 Å². The van der Waals surface area contributed by atoms with E-state index in [0.29, 0.717) is 23.2 Å². The van der Waals surface area contributed by atoms with Crippen molar-refractivity contribution in [3.8, 4) is 11.4 Å². The number of halogens is 2. The molecule has 1 fully saturated rings. The van der Waals surface area contributed by atoms with Gasteiger partial charge in [-0.3, -0.25) is 0 Å². The predicted molar refractivity (Wildman–Crippen MR) is 72.2 cm³/mol. The minimum absolute atomic E-state index is 0.301. The first-order valence-electron chi connectivity index (χ1n) is 6.24. The molecular weight excluding hydrogens is 313 g/mol. The number of aromatic nitrogens is 2. The van der Waals surface area contributed by atoms with Gasteiger partial charge in [0.15, 0.2) is 0 Å². The lowest BCUT2D eigenvalue weighted by molar-refractivity contribution is 0.320. The van der Waals surface area contributed by atoms with Crippen LogP contribution in [0.15, 0.2) is 27.2 Å². The van der Waals surface area contributed by atoms with Crippen LogP contribution < -0.4 is 5.32 Å². The normalized spacial score (nSPS) is 16.7. The van der Waals surface area contributed by atoms with Crippen molar-refractivity contribution in [1.82, 2.24) is 15.5 Å². The van der Waals surface area contributed by atoms with Crippen molar-refractivity contribution in [1.29, 1.82) is 0 Å². The van der Waals surface area contributed by atoms with Gasteiger partial charge < -0.3 is 9.84 Å². The molecule has 0 amide bonds. The molecule has 1 saturated heterocycles. The minimum atomic E-state index is -0.314. The Hall–Kier alpha value is -1.27. The summed E-state index contributed by atoms with van der Waals surface area (Å²) in [5.74, 6) is 1.06. The van der Waals surface area contributed by atoms with Gasteiger partial charge >= 0.3 is 0 Å². The predicted octanol–water partition coefficient (Wildman–Crippen LogP) is 3.11. The molecule has 1 N–H and O–H groups in total. The molecule has 4 nitrogen and oxygen atoms in total. The molecule has 100 valence electrons. The lowest BCUT2D eigenvalue weighted by Crippen LogP contribution is -2.26. The van der Waals surface area contributed by atoms with Crippen LogP contribution in [0.2, 0.25) is 0 Å². The smallest absolute Gasteiger partial charge is 0.230 e. The maximum Gasteiger partial charge on any atom is 0.230 e. The summed E-state index contributed by atoms with van der Waals surface area (Å²) in [5.41, 5.74) is 0.615. The molecule has 0 unspecified atom stereocenters. The van der Waals surface area contributed by atoms with E-state index >= 15 is 0 Å². The summed E-state index contributed by atoms with van der Waals surface area (Å²) in [5, 5.41) is 7.25. The van der Waals surface area contributed by atoms with Crippen molar-refractivity contribution in [3.63, 3.8) is 0 Å². The van der Waals surface area contributed by atoms with E-state index in [2.05, 4.69) is 31.4 Å². The number of hydrogen-bond donors (Lipinski definition) is 1. The number of nitrogens with one attached hydrogen (secondary N) is 1. The first-order valence-corrected chi connectivity index (χ1v) is 7.03. The topological polar surface area (TPSA) is 51.0 Å². The van der Waals surface area contributed by atoms with Crippen LogP contribution in [-0.2, 0) is 0 Å². The molecule has 3 rings (SSSR count). The van der Waals surface area contributed by atoms with Crippen molar-refractivity contribution in [2.75, 3.05) is 13.1 Å². The standard InChI is InChI=1S/C13H13BrFN3O/c14-11-2-1-9(15)7-10(11)12-17-13(19-18-12)8-3-5-16-6-4-8/h1-2,7-8,16H,3-6H2. The Morgan fingerprint density at radius 1 is 1.32 bits per heavy atom. The van der Waals surface area contributed by atoms with Crippen molar-refractivity contribution in [2.24, 2.45) is 0 Å². The van der Waals surface area contributed by atoms with Gasteiger partial charge in [0, 0.05) is 16.0 Å². The van der Waals surface area contributed by atoms with Gasteiger partial charge in [0.05, 0.1) is 0 Å². The van der Waals surface area contributed by atoms with E-state index < -0.39 is 0 Å². The molecule has 6 heteroatoms. The Morgan fingerprint density at radius 3 is 2.89 bits per heavy atom. The molecule has 19 heavy (non-hydrogen) atoms. The lowest BCUT2D eigenvalue weighted by Gasteiger charge is -2.18. The lowest BCUT2D eigenvalue weighted by atomic mass is 9.98. The van der Waals surface area contributed by atoms with Gasteiger partial charge in [-0.05, 0) is 44.1 Å². The second kappa shape index (κ2) is 5.38. The third kappa shape index (κ3) is 2.69. The van der Waals surface area contributed by atoms with E-state index in [-0.39, 0.29) is 5.82 Å². The van der Waals surface area contributed by atoms with E-state index in [1.807, 2.05) is 0 Å². The van der Waals surface area contributed by atoms with E-state index in [9.17, 15) is 4.39 Å². The third-order valence-corrected chi connectivity index (χ3v) is 3.99. The molecular formula is C13H13BrFN3O. The van der Waals surface area contributed by atoms with Gasteiger partial charge in [-0.1, -0.05) is 21.1 Å². The highest BCUT2D eigenvalue weighted by atomic mass is 79.9. The van der Waals surface area contributed by atoms with E-state index in [1.54, 1.807) is 6.07 Å². The molecule has 0 spiro atoms. The van der Waals surface area contributed by atoms with Crippen molar-refractivity contribution < 1.29 is 8.91 Å². The van der Waals surface area contributed by atoms with Crippen molar-refractivity contribution in [2.45, 2.75) is 18.8 Å². The second-order valence-electron chi connectivity index (χ2n) is 4.60. The highest BCUT2D eigenvalue weighted by Crippen LogP contribution is 2.30. The fraction of sp³-hybridized carbons (Fsp3) is 0.385. The van der Waals surface area contributed by atoms with Gasteiger partial charge in [0.25, 0.3) is 0 Å². The van der Waals surface area contributed by atoms with Gasteiger partial charge in [-0.2, -0.15) is 4.98 Å². The third-order valence-electron chi connectivity index (χ3n) is 3.30. The first kappa shape index (κ1) is 12.7. The largest absolute Gasteiger partial charge is 0.339 e. The van der Waals surface area contributed by atoms with Crippen molar-refractivity contribution in [3.05, 3.63) is 34.4 Å². The van der Waals surface area contributed by atoms with Gasteiger partial charge in [0.2, 0.25) is 11.7 Å². The zero-order valence-electron chi connectivity index (χ0n) is 10.2. The molecule has 0 atom stereocenters. The zero-order valence-corrected chi connectivity index (χ0v) is 11.8. The van der Waals surface area contributed by atoms with Gasteiger partial charge in [-0.25, -0.2) is 4.39 Å². The molecule has 1 aromatic carbocycles. The molecule has 2 heterocycles. The fourth-order valence-corrected chi connectivity index (χ4v) is 2.67. The highest BCUT2D eigenvalue weighted by Gasteiger charge is 2.22. The summed E-state index contributed by atoms with van der Waals surface area (Å²) in [6.45, 7) is 1.93. The summed E-state index contributed by atoms with van der Waals surface area (Å²) in [6.07, 6.45) is 1.98. The highest BCUT2D eigenvalue weighted by molar-refractivity contribution is 9.10. The molecule has 1 aromatic heterocycles. The number of rotatable bonds is 2. The second-order valence-corrected chi connectivity index (χ2v) is 5.46. The average Bonchev–Trinajstić information content (AvgIpc) is 2.92. The fourth-order valence-electron chi connectivity index (χ4n) is 2.25. The van der Waals surface area contributed by atoms with Crippen LogP contribution in [0.4, 0.5) is 4.39 Å². The van der Waals surface area contributed by atoms with Crippen LogP contribution in [0.5, 0.6) is 0 Å². The van der Waals surface area contributed by atoms with E-state index in [1.165, 1.54) is 12.1 Å². The number of nitrogens with zero attached hydrogens (tertiary/aromatic N) is 2. The molecule has 0 aliphatic carbocycles. The quantitative estimate of drug-likeness (QED) is 0.921.